The van der Waals surface area contributed by atoms with Crippen LogP contribution in [0.5, 0.6) is 0 Å². The van der Waals surface area contributed by atoms with E-state index < -0.39 is 27.1 Å². The maximum atomic E-state index is 13.5. The molecule has 2 atom stereocenters. The lowest BCUT2D eigenvalue weighted by molar-refractivity contribution is -0.209. The molecule has 0 saturated heterocycles. The fraction of sp³-hybridized carbons (Fsp3) is 0.429. The normalized spacial score (nSPS) is 31.9. The van der Waals surface area contributed by atoms with Gasteiger partial charge in [-0.3, -0.25) is 0 Å². The third-order valence-corrected chi connectivity index (χ3v) is 3.15. The lowest BCUT2D eigenvalue weighted by Crippen LogP contribution is -2.54. The average molecular weight is 245 g/mol. The molecule has 0 aliphatic heterocycles. The van der Waals surface area contributed by atoms with Crippen LogP contribution in [-0.4, -0.2) is 25.5 Å². The summed E-state index contributed by atoms with van der Waals surface area (Å²) in [5, 5.41) is 2.09. The van der Waals surface area contributed by atoms with Crippen molar-refractivity contribution in [1.82, 2.24) is 0 Å². The Morgan fingerprint density at radius 2 is 1.80 bits per heavy atom. The van der Waals surface area contributed by atoms with E-state index in [0.29, 0.717) is 6.08 Å². The summed E-state index contributed by atoms with van der Waals surface area (Å²) >= 11 is 0. The molecule has 1 aliphatic carbocycles. The van der Waals surface area contributed by atoms with Crippen molar-refractivity contribution in [3.8, 4) is 0 Å². The van der Waals surface area contributed by atoms with Crippen LogP contribution < -0.4 is 5.14 Å². The first kappa shape index (κ1) is 12.2. The molecule has 0 bridgehead atoms. The molecule has 0 aromatic heterocycles. The zero-order chi connectivity index (χ0) is 11.9. The minimum absolute atomic E-state index is 0.141. The second kappa shape index (κ2) is 3.31. The molecule has 0 aromatic rings. The van der Waals surface area contributed by atoms with E-state index in [0.717, 1.165) is 12.2 Å². The van der Waals surface area contributed by atoms with E-state index in [1.165, 1.54) is 0 Å². The summed E-state index contributed by atoms with van der Waals surface area (Å²) in [7, 11) is -4.65. The van der Waals surface area contributed by atoms with Gasteiger partial charge >= 0.3 is 6.18 Å². The molecule has 0 aromatic carbocycles. The molecule has 0 heterocycles. The monoisotopic (exact) mass is 245 g/mol. The molecular weight excluding hydrogens is 238 g/mol. The van der Waals surface area contributed by atoms with Gasteiger partial charge in [0.2, 0.25) is 15.7 Å². The van der Waals surface area contributed by atoms with Crippen LogP contribution in [0.3, 0.4) is 0 Å². The van der Waals surface area contributed by atoms with E-state index >= 15 is 0 Å². The van der Waals surface area contributed by atoms with Crippen LogP contribution in [0.2, 0.25) is 0 Å². The van der Waals surface area contributed by atoms with Crippen molar-refractivity contribution in [2.45, 2.75) is 17.1 Å². The highest BCUT2D eigenvalue weighted by molar-refractivity contribution is 7.90. The van der Waals surface area contributed by atoms with Crippen LogP contribution >= 0.6 is 0 Å². The van der Waals surface area contributed by atoms with Gasteiger partial charge in [-0.2, -0.15) is 13.2 Å². The summed E-state index contributed by atoms with van der Waals surface area (Å²) in [6, 6.07) is 0. The van der Waals surface area contributed by atoms with Crippen molar-refractivity contribution < 1.29 is 26.0 Å². The third-order valence-electron chi connectivity index (χ3n) is 1.94. The third kappa shape index (κ3) is 2.05. The number of hydrogen-bond donors (Lipinski definition) is 1. The summed E-state index contributed by atoms with van der Waals surface area (Å²) in [6.45, 7) is 0. The summed E-state index contributed by atoms with van der Waals surface area (Å²) < 4.78 is 72.1. The second-order valence-electron chi connectivity index (χ2n) is 3.02. The molecule has 15 heavy (non-hydrogen) atoms. The Hall–Kier alpha value is -0.890. The number of sulfonamides is 1. The predicted octanol–water partition coefficient (Wildman–Crippen LogP) is 1.04. The smallest absolute Gasteiger partial charge is 0.228 e. The van der Waals surface area contributed by atoms with Gasteiger partial charge in [0.05, 0.1) is 0 Å². The van der Waals surface area contributed by atoms with E-state index in [4.69, 9.17) is 0 Å². The Bertz CT molecular complexity index is 411. The first-order valence-corrected chi connectivity index (χ1v) is 5.33. The molecule has 2 unspecified atom stereocenters. The lowest BCUT2D eigenvalue weighted by atomic mass is 9.96. The Labute approximate surface area is 83.3 Å². The first-order chi connectivity index (χ1) is 6.59. The number of rotatable bonds is 1. The highest BCUT2D eigenvalue weighted by Gasteiger charge is 2.62. The molecule has 0 saturated carbocycles. The number of nitrogens with two attached hydrogens (primary N) is 1. The van der Waals surface area contributed by atoms with Gasteiger partial charge in [-0.1, -0.05) is 18.2 Å². The second-order valence-corrected chi connectivity index (χ2v) is 4.71. The van der Waals surface area contributed by atoms with Gasteiger partial charge in [0, 0.05) is 0 Å². The van der Waals surface area contributed by atoms with E-state index in [1.54, 1.807) is 0 Å². The minimum atomic E-state index is -5.33. The number of allylic oxidation sites excluding steroid dienone is 3. The van der Waals surface area contributed by atoms with Crippen LogP contribution in [-0.2, 0) is 10.0 Å². The summed E-state index contributed by atoms with van der Waals surface area (Å²) in [5.41, 5.74) is -3.96. The fourth-order valence-electron chi connectivity index (χ4n) is 1.20. The largest absolute Gasteiger partial charge is 0.427 e. The molecule has 0 spiro atoms. The van der Waals surface area contributed by atoms with Gasteiger partial charge in [-0.25, -0.2) is 17.9 Å². The number of alkyl halides is 4. The van der Waals surface area contributed by atoms with Crippen LogP contribution in [0.15, 0.2) is 24.3 Å². The Morgan fingerprint density at radius 3 is 2.13 bits per heavy atom. The van der Waals surface area contributed by atoms with E-state index in [9.17, 15) is 26.0 Å². The zero-order valence-electron chi connectivity index (χ0n) is 7.20. The zero-order valence-corrected chi connectivity index (χ0v) is 8.02. The number of primary sulfonamides is 1. The number of hydrogen-bond acceptors (Lipinski definition) is 2. The molecule has 8 heteroatoms. The molecule has 0 radical (unpaired) electrons. The standard InChI is InChI=1S/C7H7F4NO2S/c8-6(7(9,10)11)4-2-1-3-5(6)15(12,13)14/h1-5H,(H2,12,13,14). The lowest BCUT2D eigenvalue weighted by Gasteiger charge is -2.31. The molecule has 1 rings (SSSR count). The number of halogens is 4. The maximum Gasteiger partial charge on any atom is 0.427 e. The summed E-state index contributed by atoms with van der Waals surface area (Å²) in [4.78, 5) is 0. The SMILES string of the molecule is NS(=O)(=O)C1C=CC=CC1(F)C(F)(F)F. The molecule has 86 valence electrons. The van der Waals surface area contributed by atoms with Gasteiger partial charge in [0.15, 0.2) is 0 Å². The van der Waals surface area contributed by atoms with Gasteiger partial charge in [-0.15, -0.1) is 0 Å². The molecule has 0 amide bonds. The van der Waals surface area contributed by atoms with Crippen molar-refractivity contribution in [2.75, 3.05) is 0 Å². The molecule has 3 nitrogen and oxygen atoms in total. The van der Waals surface area contributed by atoms with Crippen molar-refractivity contribution in [3.63, 3.8) is 0 Å². The van der Waals surface area contributed by atoms with Gasteiger partial charge < -0.3 is 0 Å². The van der Waals surface area contributed by atoms with Crippen LogP contribution in [0.1, 0.15) is 0 Å². The molecule has 2 N–H and O–H groups in total. The maximum absolute atomic E-state index is 13.5. The average Bonchev–Trinajstić information content (AvgIpc) is 2.00. The van der Waals surface area contributed by atoms with Gasteiger partial charge in [-0.05, 0) is 6.08 Å². The van der Waals surface area contributed by atoms with E-state index in [-0.39, 0.29) is 6.08 Å². The highest BCUT2D eigenvalue weighted by atomic mass is 32.2. The molecule has 0 fully saturated rings. The Kier molecular flexibility index (Phi) is 2.69. The minimum Gasteiger partial charge on any atom is -0.228 e. The van der Waals surface area contributed by atoms with Gasteiger partial charge in [0.25, 0.3) is 0 Å². The van der Waals surface area contributed by atoms with Crippen molar-refractivity contribution >= 4 is 10.0 Å². The van der Waals surface area contributed by atoms with Crippen LogP contribution in [0.4, 0.5) is 17.6 Å². The molecule has 1 aliphatic rings. The highest BCUT2D eigenvalue weighted by Crippen LogP contribution is 2.41. The Morgan fingerprint density at radius 1 is 1.27 bits per heavy atom. The predicted molar refractivity (Wildman–Crippen MR) is 45.1 cm³/mol. The van der Waals surface area contributed by atoms with Crippen molar-refractivity contribution in [2.24, 2.45) is 5.14 Å². The fourth-order valence-corrected chi connectivity index (χ4v) is 2.20. The quantitative estimate of drug-likeness (QED) is 0.702. The topological polar surface area (TPSA) is 60.2 Å². The Balaban J connectivity index is 3.29. The summed E-state index contributed by atoms with van der Waals surface area (Å²) in [6.07, 6.45) is -2.83. The summed E-state index contributed by atoms with van der Waals surface area (Å²) in [5.74, 6) is 0. The first-order valence-electron chi connectivity index (χ1n) is 3.72. The van der Waals surface area contributed by atoms with E-state index in [2.05, 4.69) is 5.14 Å². The van der Waals surface area contributed by atoms with Gasteiger partial charge in [0.1, 0.15) is 5.25 Å². The van der Waals surface area contributed by atoms with Crippen molar-refractivity contribution in [1.29, 1.82) is 0 Å². The van der Waals surface area contributed by atoms with Crippen LogP contribution in [0.25, 0.3) is 0 Å². The molecular formula is C7H7F4NO2S. The van der Waals surface area contributed by atoms with Crippen LogP contribution in [0, 0.1) is 0 Å². The van der Waals surface area contributed by atoms with Crippen molar-refractivity contribution in [3.05, 3.63) is 24.3 Å². The van der Waals surface area contributed by atoms with E-state index in [1.807, 2.05) is 0 Å².